The molecule has 0 rings (SSSR count). The molecule has 0 bridgehead atoms. The van der Waals surface area contributed by atoms with Crippen molar-refractivity contribution in [3.63, 3.8) is 0 Å². The molecule has 3 unspecified atom stereocenters. The van der Waals surface area contributed by atoms with E-state index < -0.39 is 18.2 Å². The number of unbranched alkanes of at least 4 members (excludes halogenated alkanes) is 32. The molecule has 338 valence electrons. The molecule has 0 aromatic rings. The van der Waals surface area contributed by atoms with Gasteiger partial charge in [0.15, 0.2) is 0 Å². The molecule has 0 aliphatic heterocycles. The Kier molecular flexibility index (Phi) is 44.6. The van der Waals surface area contributed by atoms with Crippen LogP contribution in [0.25, 0.3) is 0 Å². The van der Waals surface area contributed by atoms with Gasteiger partial charge in [0.05, 0.1) is 25.2 Å². The number of aliphatic hydroxyl groups excluding tert-OH is 2. The lowest BCUT2D eigenvalue weighted by Crippen LogP contribution is -2.46. The number of rotatable bonds is 46. The van der Waals surface area contributed by atoms with E-state index in [2.05, 4.69) is 38.2 Å². The average molecular weight is 806 g/mol. The largest absolute Gasteiger partial charge is 0.462 e. The fourth-order valence-electron chi connectivity index (χ4n) is 7.96. The smallest absolute Gasteiger partial charge is 0.306 e. The van der Waals surface area contributed by atoms with Crippen LogP contribution in [0.3, 0.4) is 0 Å². The summed E-state index contributed by atoms with van der Waals surface area (Å²) in [5.74, 6) is -0.464. The van der Waals surface area contributed by atoms with Crippen molar-refractivity contribution in [2.24, 2.45) is 0 Å². The lowest BCUT2D eigenvalue weighted by molar-refractivity contribution is -0.151. The van der Waals surface area contributed by atoms with Crippen LogP contribution in [0.5, 0.6) is 0 Å². The third-order valence-electron chi connectivity index (χ3n) is 11.8. The van der Waals surface area contributed by atoms with Crippen LogP contribution < -0.4 is 5.32 Å². The van der Waals surface area contributed by atoms with Gasteiger partial charge in [-0.3, -0.25) is 9.59 Å². The van der Waals surface area contributed by atoms with Crippen molar-refractivity contribution in [2.45, 2.75) is 296 Å². The normalized spacial score (nSPS) is 13.3. The van der Waals surface area contributed by atoms with Crippen molar-refractivity contribution < 1.29 is 24.5 Å². The minimum Gasteiger partial charge on any atom is -0.462 e. The van der Waals surface area contributed by atoms with Crippen molar-refractivity contribution in [1.82, 2.24) is 5.32 Å². The second kappa shape index (κ2) is 45.7. The maximum Gasteiger partial charge on any atom is 0.306 e. The number of ether oxygens (including phenoxy) is 1. The second-order valence-electron chi connectivity index (χ2n) is 17.6. The summed E-state index contributed by atoms with van der Waals surface area (Å²) in [5.41, 5.74) is 0. The van der Waals surface area contributed by atoms with Crippen molar-refractivity contribution in [3.05, 3.63) is 12.2 Å². The molecule has 0 saturated heterocycles. The number of amides is 1. The van der Waals surface area contributed by atoms with Crippen LogP contribution >= 0.6 is 0 Å². The van der Waals surface area contributed by atoms with Crippen LogP contribution in [0.4, 0.5) is 0 Å². The third-order valence-corrected chi connectivity index (χ3v) is 11.8. The van der Waals surface area contributed by atoms with E-state index >= 15 is 0 Å². The highest BCUT2D eigenvalue weighted by Gasteiger charge is 2.24. The Balaban J connectivity index is 4.51. The summed E-state index contributed by atoms with van der Waals surface area (Å²) in [7, 11) is 0. The van der Waals surface area contributed by atoms with Gasteiger partial charge < -0.3 is 20.3 Å². The predicted octanol–water partition coefficient (Wildman–Crippen LogP) is 15.0. The zero-order valence-electron chi connectivity index (χ0n) is 38.5. The van der Waals surface area contributed by atoms with E-state index in [0.29, 0.717) is 19.3 Å². The number of aliphatic hydroxyl groups is 2. The minimum atomic E-state index is -0.781. The Hall–Kier alpha value is -1.40. The number of nitrogens with one attached hydrogen (secondary N) is 1. The fourth-order valence-corrected chi connectivity index (χ4v) is 7.96. The van der Waals surface area contributed by atoms with E-state index in [4.69, 9.17) is 4.74 Å². The monoisotopic (exact) mass is 806 g/mol. The Bertz CT molecular complexity index is 863. The summed E-state index contributed by atoms with van der Waals surface area (Å²) in [6.07, 6.45) is 49.8. The zero-order valence-corrected chi connectivity index (χ0v) is 38.5. The molecule has 3 N–H and O–H groups in total. The Morgan fingerprint density at radius 2 is 0.842 bits per heavy atom. The van der Waals surface area contributed by atoms with E-state index in [1.807, 2.05) is 0 Å². The second-order valence-corrected chi connectivity index (χ2v) is 17.6. The molecule has 6 heteroatoms. The maximum atomic E-state index is 13.2. The molecule has 57 heavy (non-hydrogen) atoms. The topological polar surface area (TPSA) is 95.9 Å². The van der Waals surface area contributed by atoms with Gasteiger partial charge in [-0.05, 0) is 51.4 Å². The first kappa shape index (κ1) is 55.6. The van der Waals surface area contributed by atoms with E-state index in [-0.39, 0.29) is 24.9 Å². The first-order valence-corrected chi connectivity index (χ1v) is 25.4. The summed E-state index contributed by atoms with van der Waals surface area (Å²) in [4.78, 5) is 26.1. The molecular formula is C51H99NO5. The number of hydrogen-bond acceptors (Lipinski definition) is 5. The Morgan fingerprint density at radius 1 is 0.491 bits per heavy atom. The number of hydrogen-bond donors (Lipinski definition) is 3. The van der Waals surface area contributed by atoms with E-state index in [9.17, 15) is 19.8 Å². The first-order chi connectivity index (χ1) is 28.0. The van der Waals surface area contributed by atoms with Crippen molar-refractivity contribution in [3.8, 4) is 0 Å². The molecule has 0 radical (unpaired) electrons. The molecule has 0 aliphatic carbocycles. The predicted molar refractivity (Wildman–Crippen MR) is 246 cm³/mol. The third kappa shape index (κ3) is 41.1. The molecule has 6 nitrogen and oxygen atoms in total. The van der Waals surface area contributed by atoms with Gasteiger partial charge in [0.25, 0.3) is 0 Å². The molecule has 1 amide bonds. The van der Waals surface area contributed by atoms with Crippen LogP contribution in [-0.4, -0.2) is 46.9 Å². The van der Waals surface area contributed by atoms with Crippen LogP contribution in [0, 0.1) is 0 Å². The lowest BCUT2D eigenvalue weighted by atomic mass is 10.0. The molecule has 0 fully saturated rings. The summed E-state index contributed by atoms with van der Waals surface area (Å²) in [5, 5.41) is 23.7. The van der Waals surface area contributed by atoms with E-state index in [1.165, 1.54) is 186 Å². The molecule has 0 aliphatic rings. The standard InChI is InChI=1S/C51H99NO5/c1-4-7-10-13-16-19-22-24-25-26-29-32-35-38-41-44-51(56)57-47(42-39-36-33-30-27-21-18-15-12-9-6-3)45-50(55)52-48(46-53)49(54)43-40-37-34-31-28-23-20-17-14-11-8-5-2/h19,22,47-49,53-54H,4-18,20-21,23-46H2,1-3H3,(H,52,55)/b22-19-. The molecule has 3 atom stereocenters. The van der Waals surface area contributed by atoms with Gasteiger partial charge in [0.1, 0.15) is 6.10 Å². The van der Waals surface area contributed by atoms with Gasteiger partial charge in [-0.25, -0.2) is 0 Å². The molecule has 0 heterocycles. The highest BCUT2D eigenvalue weighted by atomic mass is 16.5. The summed E-state index contributed by atoms with van der Waals surface area (Å²) < 4.78 is 5.93. The molecule has 0 aromatic heterocycles. The SMILES string of the molecule is CCCCCC/C=C\CCCCCCCCCC(=O)OC(CCCCCCCCCCCCC)CC(=O)NC(CO)C(O)CCCCCCCCCCCCCC. The summed E-state index contributed by atoms with van der Waals surface area (Å²) in [6.45, 7) is 6.48. The molecule has 0 saturated carbocycles. The minimum absolute atomic E-state index is 0.0827. The van der Waals surface area contributed by atoms with Crippen LogP contribution in [0.2, 0.25) is 0 Å². The van der Waals surface area contributed by atoms with Gasteiger partial charge in [-0.1, -0.05) is 226 Å². The van der Waals surface area contributed by atoms with E-state index in [1.54, 1.807) is 0 Å². The zero-order chi connectivity index (χ0) is 41.7. The van der Waals surface area contributed by atoms with Gasteiger partial charge in [-0.2, -0.15) is 0 Å². The Labute approximate surface area is 355 Å². The maximum absolute atomic E-state index is 13.2. The number of carbonyl (C=O) groups is 2. The summed E-state index contributed by atoms with van der Waals surface area (Å²) in [6, 6.07) is -0.694. The highest BCUT2D eigenvalue weighted by molar-refractivity contribution is 5.77. The first-order valence-electron chi connectivity index (χ1n) is 25.4. The van der Waals surface area contributed by atoms with Crippen molar-refractivity contribution in [1.29, 1.82) is 0 Å². The average Bonchev–Trinajstić information content (AvgIpc) is 3.20. The number of carbonyl (C=O) groups excluding carboxylic acids is 2. The Morgan fingerprint density at radius 3 is 1.26 bits per heavy atom. The van der Waals surface area contributed by atoms with Crippen LogP contribution in [0.1, 0.15) is 278 Å². The van der Waals surface area contributed by atoms with Crippen molar-refractivity contribution >= 4 is 11.9 Å². The van der Waals surface area contributed by atoms with Gasteiger partial charge in [0, 0.05) is 6.42 Å². The van der Waals surface area contributed by atoms with Crippen molar-refractivity contribution in [2.75, 3.05) is 6.61 Å². The van der Waals surface area contributed by atoms with Gasteiger partial charge in [-0.15, -0.1) is 0 Å². The number of esters is 1. The number of allylic oxidation sites excluding steroid dienone is 2. The fraction of sp³-hybridized carbons (Fsp3) is 0.922. The summed E-state index contributed by atoms with van der Waals surface area (Å²) >= 11 is 0. The van der Waals surface area contributed by atoms with Crippen LogP contribution in [0.15, 0.2) is 12.2 Å². The molecule has 0 spiro atoms. The molecular weight excluding hydrogens is 707 g/mol. The highest BCUT2D eigenvalue weighted by Crippen LogP contribution is 2.18. The molecule has 0 aromatic carbocycles. The van der Waals surface area contributed by atoms with Crippen LogP contribution in [-0.2, 0) is 14.3 Å². The van der Waals surface area contributed by atoms with E-state index in [0.717, 1.165) is 44.9 Å². The van der Waals surface area contributed by atoms with Gasteiger partial charge >= 0.3 is 5.97 Å². The van der Waals surface area contributed by atoms with Gasteiger partial charge in [0.2, 0.25) is 5.91 Å². The lowest BCUT2D eigenvalue weighted by Gasteiger charge is -2.24. The quantitative estimate of drug-likeness (QED) is 0.0323.